The topological polar surface area (TPSA) is 0 Å². The molecule has 2 atom stereocenters. The molecule has 3 heteroatoms. The summed E-state index contributed by atoms with van der Waals surface area (Å²) in [6.45, 7) is 23.5. The van der Waals surface area contributed by atoms with E-state index in [2.05, 4.69) is 85.4 Å². The number of hydrogen-bond donors (Lipinski definition) is 0. The highest BCUT2D eigenvalue weighted by Crippen LogP contribution is 2.49. The molecular weight excluding hydrogens is 300 g/mol. The Balaban J connectivity index is 2.91. The van der Waals surface area contributed by atoms with Crippen molar-refractivity contribution in [1.29, 1.82) is 0 Å². The maximum Gasteiger partial charge on any atom is 0.0775 e. The van der Waals surface area contributed by atoms with Gasteiger partial charge in [-0.3, -0.25) is 0 Å². The average Bonchev–Trinajstić information content (AvgIpc) is 2.59. The van der Waals surface area contributed by atoms with Gasteiger partial charge in [0.25, 0.3) is 0 Å². The van der Waals surface area contributed by atoms with Crippen LogP contribution in [0.1, 0.15) is 41.5 Å². The van der Waals surface area contributed by atoms with Crippen LogP contribution in [0.5, 0.6) is 0 Å². The van der Waals surface area contributed by atoms with Gasteiger partial charge >= 0.3 is 0 Å². The lowest BCUT2D eigenvalue weighted by molar-refractivity contribution is 0.990. The van der Waals surface area contributed by atoms with Crippen LogP contribution in [0.2, 0.25) is 36.3 Å². The van der Waals surface area contributed by atoms with Gasteiger partial charge in [0.05, 0.1) is 22.3 Å². The fourth-order valence-electron chi connectivity index (χ4n) is 5.51. The largest absolute Gasteiger partial charge is 0.0775 e. The van der Waals surface area contributed by atoms with Gasteiger partial charge in [0.2, 0.25) is 0 Å². The number of benzene rings is 1. The second-order valence-corrected chi connectivity index (χ2v) is 34.3. The summed E-state index contributed by atoms with van der Waals surface area (Å²) >= 11 is 0. The molecule has 0 aromatic heterocycles. The third kappa shape index (κ3) is 1.83. The van der Waals surface area contributed by atoms with Crippen LogP contribution in [-0.4, -0.2) is 22.3 Å². The minimum atomic E-state index is -1.40. The number of hydrogen-bond acceptors (Lipinski definition) is 0. The van der Waals surface area contributed by atoms with Gasteiger partial charge in [-0.15, -0.1) is 0 Å². The van der Waals surface area contributed by atoms with Crippen molar-refractivity contribution >= 4 is 32.7 Å². The molecule has 1 heterocycles. The van der Waals surface area contributed by atoms with Crippen LogP contribution in [0.25, 0.3) is 0 Å². The fraction of sp³-hybridized carbons (Fsp3) is 0.667. The molecule has 0 spiro atoms. The molecule has 1 aliphatic rings. The van der Waals surface area contributed by atoms with Crippen molar-refractivity contribution in [3.8, 4) is 0 Å². The Morgan fingerprint density at radius 1 is 0.619 bits per heavy atom. The minimum absolute atomic E-state index is 0.866. The highest BCUT2D eigenvalue weighted by Gasteiger charge is 2.69. The summed E-state index contributed by atoms with van der Waals surface area (Å²) in [5.74, 6) is 0. The number of fused-ring (bicyclic) bond motifs is 1. The Hall–Kier alpha value is -0.129. The van der Waals surface area contributed by atoms with Crippen LogP contribution in [0.3, 0.4) is 0 Å². The molecule has 0 aliphatic carbocycles. The fourth-order valence-corrected chi connectivity index (χ4v) is 57.9. The second-order valence-electron chi connectivity index (χ2n) is 8.62. The summed E-state index contributed by atoms with van der Waals surface area (Å²) in [5, 5.41) is 3.71. The molecule has 0 amide bonds. The molecule has 0 saturated carbocycles. The van der Waals surface area contributed by atoms with Crippen molar-refractivity contribution in [2.75, 3.05) is 0 Å². The lowest BCUT2D eigenvalue weighted by Gasteiger charge is -2.53. The molecule has 21 heavy (non-hydrogen) atoms. The SMILES string of the molecule is CC(C)[Si]1(C)c2ccccc2[Si](C)(C(C)C)[Si]1(C)C(C)C. The zero-order valence-corrected chi connectivity index (χ0v) is 18.5. The van der Waals surface area contributed by atoms with E-state index in [1.54, 1.807) is 0 Å². The lowest BCUT2D eigenvalue weighted by atomic mass is 10.4. The monoisotopic (exact) mass is 334 g/mol. The third-order valence-corrected chi connectivity index (χ3v) is 53.1. The maximum absolute atomic E-state index is 2.82. The summed E-state index contributed by atoms with van der Waals surface area (Å²) < 4.78 is 0. The highest BCUT2D eigenvalue weighted by atomic mass is 29.6. The van der Waals surface area contributed by atoms with E-state index < -0.39 is 22.3 Å². The zero-order chi connectivity index (χ0) is 16.2. The first-order chi connectivity index (χ1) is 9.56. The van der Waals surface area contributed by atoms with Gasteiger partial charge in [0.1, 0.15) is 0 Å². The van der Waals surface area contributed by atoms with E-state index in [0.717, 1.165) is 16.6 Å². The molecule has 2 unspecified atom stereocenters. The van der Waals surface area contributed by atoms with E-state index in [9.17, 15) is 0 Å². The summed E-state index contributed by atoms with van der Waals surface area (Å²) in [5.41, 5.74) is 2.64. The van der Waals surface area contributed by atoms with Crippen LogP contribution in [0, 0.1) is 0 Å². The Labute approximate surface area is 135 Å². The van der Waals surface area contributed by atoms with Gasteiger partial charge in [-0.25, -0.2) is 0 Å². The summed E-state index contributed by atoms with van der Waals surface area (Å²) in [6, 6.07) is 9.66. The molecule has 0 radical (unpaired) electrons. The van der Waals surface area contributed by atoms with Gasteiger partial charge < -0.3 is 0 Å². The maximum atomic E-state index is 2.82. The van der Waals surface area contributed by atoms with Crippen LogP contribution in [0.15, 0.2) is 24.3 Å². The van der Waals surface area contributed by atoms with Gasteiger partial charge in [-0.2, -0.15) is 0 Å². The second kappa shape index (κ2) is 5.21. The van der Waals surface area contributed by atoms with Gasteiger partial charge in [-0.1, -0.05) is 101 Å². The lowest BCUT2D eigenvalue weighted by Crippen LogP contribution is -2.76. The van der Waals surface area contributed by atoms with E-state index in [4.69, 9.17) is 0 Å². The van der Waals surface area contributed by atoms with Gasteiger partial charge in [-0.05, 0) is 11.1 Å². The molecule has 1 aromatic rings. The van der Waals surface area contributed by atoms with Crippen LogP contribution >= 0.6 is 0 Å². The first-order valence-electron chi connectivity index (χ1n) is 8.66. The van der Waals surface area contributed by atoms with E-state index in [-0.39, 0.29) is 0 Å². The van der Waals surface area contributed by atoms with E-state index in [1.807, 2.05) is 10.4 Å². The Morgan fingerprint density at radius 2 is 0.952 bits per heavy atom. The minimum Gasteiger partial charge on any atom is -0.0721 e. The van der Waals surface area contributed by atoms with E-state index in [1.165, 1.54) is 0 Å². The van der Waals surface area contributed by atoms with Crippen LogP contribution < -0.4 is 10.4 Å². The molecule has 0 fully saturated rings. The third-order valence-electron chi connectivity index (χ3n) is 7.67. The van der Waals surface area contributed by atoms with E-state index in [0.29, 0.717) is 0 Å². The standard InChI is InChI=1S/C18H34Si3/c1-14(2)19(7)17-12-10-11-13-18(17)20(8,15(3)4)21(19,9)16(5)6/h10-16H,1-9H3. The normalized spacial score (nSPS) is 35.8. The first kappa shape index (κ1) is 17.2. The van der Waals surface area contributed by atoms with Crippen molar-refractivity contribution < 1.29 is 0 Å². The molecule has 1 aromatic carbocycles. The van der Waals surface area contributed by atoms with Crippen molar-refractivity contribution in [2.24, 2.45) is 0 Å². The predicted octanol–water partition coefficient (Wildman–Crippen LogP) is 4.74. The smallest absolute Gasteiger partial charge is 0.0721 e. The molecule has 2 rings (SSSR count). The quantitative estimate of drug-likeness (QED) is 0.701. The molecular formula is C18H34Si3. The summed E-state index contributed by atoms with van der Waals surface area (Å²) in [7, 11) is -4.12. The predicted molar refractivity (Wildman–Crippen MR) is 106 cm³/mol. The summed E-state index contributed by atoms with van der Waals surface area (Å²) in [4.78, 5) is 0. The van der Waals surface area contributed by atoms with Crippen molar-refractivity contribution in [1.82, 2.24) is 0 Å². The zero-order valence-electron chi connectivity index (χ0n) is 15.5. The summed E-state index contributed by atoms with van der Waals surface area (Å²) in [6.07, 6.45) is 0. The highest BCUT2D eigenvalue weighted by molar-refractivity contribution is 7.78. The Bertz CT molecular complexity index is 494. The number of rotatable bonds is 3. The Morgan fingerprint density at radius 3 is 1.19 bits per heavy atom. The molecule has 0 N–H and O–H groups in total. The first-order valence-corrected chi connectivity index (χ1v) is 18.4. The van der Waals surface area contributed by atoms with E-state index >= 15 is 0 Å². The Kier molecular flexibility index (Phi) is 4.27. The van der Waals surface area contributed by atoms with Crippen LogP contribution in [-0.2, 0) is 0 Å². The molecule has 0 nitrogen and oxygen atoms in total. The molecule has 1 aliphatic heterocycles. The van der Waals surface area contributed by atoms with Gasteiger partial charge in [0, 0.05) is 0 Å². The molecule has 0 bridgehead atoms. The van der Waals surface area contributed by atoms with Crippen molar-refractivity contribution in [3.63, 3.8) is 0 Å². The van der Waals surface area contributed by atoms with Gasteiger partial charge in [0.15, 0.2) is 0 Å². The van der Waals surface area contributed by atoms with Crippen LogP contribution in [0.4, 0.5) is 0 Å². The molecule has 118 valence electrons. The molecule has 0 saturated heterocycles. The van der Waals surface area contributed by atoms with Crippen molar-refractivity contribution in [3.05, 3.63) is 24.3 Å². The van der Waals surface area contributed by atoms with Crippen molar-refractivity contribution in [2.45, 2.75) is 77.8 Å². The average molecular weight is 335 g/mol.